The van der Waals surface area contributed by atoms with Gasteiger partial charge in [0.1, 0.15) is 11.8 Å². The highest BCUT2D eigenvalue weighted by Gasteiger charge is 2.44. The second-order valence-electron chi connectivity index (χ2n) is 12.4. The lowest BCUT2D eigenvalue weighted by Gasteiger charge is -2.33. The molecule has 0 spiro atoms. The summed E-state index contributed by atoms with van der Waals surface area (Å²) in [4.78, 5) is 37.1. The molecular formula is C31H36F6N4O4. The minimum atomic E-state index is -5.03. The maximum atomic E-state index is 13.5. The lowest BCUT2D eigenvalue weighted by atomic mass is 9.80. The van der Waals surface area contributed by atoms with Crippen molar-refractivity contribution in [2.45, 2.75) is 95.8 Å². The third-order valence-corrected chi connectivity index (χ3v) is 9.08. The van der Waals surface area contributed by atoms with Gasteiger partial charge >= 0.3 is 24.4 Å². The highest BCUT2D eigenvalue weighted by molar-refractivity contribution is 5.71. The van der Waals surface area contributed by atoms with Crippen LogP contribution < -0.4 is 4.90 Å². The van der Waals surface area contributed by atoms with E-state index in [1.54, 1.807) is 6.20 Å². The minimum absolute atomic E-state index is 0.0475. The molecule has 45 heavy (non-hydrogen) atoms. The van der Waals surface area contributed by atoms with Crippen molar-refractivity contribution in [3.63, 3.8) is 0 Å². The molecule has 1 aromatic carbocycles. The van der Waals surface area contributed by atoms with E-state index in [0.717, 1.165) is 44.2 Å². The molecule has 246 valence electrons. The fourth-order valence-electron chi connectivity index (χ4n) is 6.39. The normalized spacial score (nSPS) is 24.1. The molecule has 3 fully saturated rings. The highest BCUT2D eigenvalue weighted by Crippen LogP contribution is 2.43. The molecule has 2 aliphatic carbocycles. The standard InChI is InChI=1S/C31H36F6N4O4/c1-3-40(15-19-6-4-18(5-7-19)10-26(42)43)28-25(39-24(14-38-28)20-8-9-20)16-41-17(2)27(45-29(41)44)21-11-22(30(32,33)34)13-23(12-21)31(35,36)37/h11-14,17-20,27H,3-10,15-16H2,1-2H3,(H,42,43)/t17-,18?,19?,27-/m0/s1. The third-order valence-electron chi connectivity index (χ3n) is 9.08. The van der Waals surface area contributed by atoms with Gasteiger partial charge in [0.2, 0.25) is 0 Å². The van der Waals surface area contributed by atoms with Crippen LogP contribution in [-0.2, 0) is 28.4 Å². The first-order chi connectivity index (χ1) is 21.1. The van der Waals surface area contributed by atoms with E-state index in [9.17, 15) is 35.9 Å². The summed E-state index contributed by atoms with van der Waals surface area (Å²) in [7, 11) is 0. The number of rotatable bonds is 10. The van der Waals surface area contributed by atoms with Gasteiger partial charge in [-0.25, -0.2) is 9.78 Å². The maximum absolute atomic E-state index is 13.5. The van der Waals surface area contributed by atoms with Crippen LogP contribution in [0.3, 0.4) is 0 Å². The topological polar surface area (TPSA) is 95.9 Å². The van der Waals surface area contributed by atoms with E-state index in [1.165, 1.54) is 11.8 Å². The van der Waals surface area contributed by atoms with E-state index >= 15 is 0 Å². The molecule has 1 aliphatic heterocycles. The number of benzene rings is 1. The van der Waals surface area contributed by atoms with Gasteiger partial charge in [0.15, 0.2) is 5.82 Å². The number of halogens is 6. The molecule has 2 aromatic rings. The van der Waals surface area contributed by atoms with Gasteiger partial charge in [-0.1, -0.05) is 0 Å². The fraction of sp³-hybridized carbons (Fsp3) is 0.613. The average Bonchev–Trinajstić information content (AvgIpc) is 3.78. The zero-order chi connectivity index (χ0) is 32.7. The predicted molar refractivity (Wildman–Crippen MR) is 150 cm³/mol. The van der Waals surface area contributed by atoms with Gasteiger partial charge < -0.3 is 14.7 Å². The Labute approximate surface area is 256 Å². The molecular weight excluding hydrogens is 606 g/mol. The van der Waals surface area contributed by atoms with E-state index in [2.05, 4.69) is 4.90 Å². The van der Waals surface area contributed by atoms with Gasteiger partial charge in [-0.2, -0.15) is 26.3 Å². The van der Waals surface area contributed by atoms with Crippen LogP contribution in [0.4, 0.5) is 37.0 Å². The minimum Gasteiger partial charge on any atom is -0.481 e. The quantitative estimate of drug-likeness (QED) is 0.267. The van der Waals surface area contributed by atoms with Crippen molar-refractivity contribution >= 4 is 17.9 Å². The number of ether oxygens (including phenoxy) is 1. The third kappa shape index (κ3) is 7.63. The summed E-state index contributed by atoms with van der Waals surface area (Å²) in [5, 5.41) is 9.13. The molecule has 1 amide bonds. The second kappa shape index (κ2) is 12.7. The number of carbonyl (C=O) groups is 2. The van der Waals surface area contributed by atoms with Crippen LogP contribution in [0.2, 0.25) is 0 Å². The molecule has 1 aromatic heterocycles. The molecule has 1 N–H and O–H groups in total. The first-order valence-corrected chi connectivity index (χ1v) is 15.2. The summed E-state index contributed by atoms with van der Waals surface area (Å²) in [6.45, 7) is 4.62. The predicted octanol–water partition coefficient (Wildman–Crippen LogP) is 7.58. The Morgan fingerprint density at radius 1 is 1.00 bits per heavy atom. The molecule has 14 heteroatoms. The molecule has 0 bridgehead atoms. The van der Waals surface area contributed by atoms with Crippen LogP contribution >= 0.6 is 0 Å². The molecule has 2 heterocycles. The van der Waals surface area contributed by atoms with Crippen LogP contribution in [0.5, 0.6) is 0 Å². The van der Waals surface area contributed by atoms with Crippen LogP contribution in [-0.4, -0.2) is 51.2 Å². The average molecular weight is 643 g/mol. The summed E-state index contributed by atoms with van der Waals surface area (Å²) < 4.78 is 86.6. The number of hydrogen-bond donors (Lipinski definition) is 1. The Bertz CT molecular complexity index is 1370. The molecule has 5 rings (SSSR count). The number of carbonyl (C=O) groups excluding carboxylic acids is 1. The van der Waals surface area contributed by atoms with Gasteiger partial charge in [0.25, 0.3) is 0 Å². The zero-order valence-electron chi connectivity index (χ0n) is 25.0. The van der Waals surface area contributed by atoms with E-state index in [1.807, 2.05) is 6.92 Å². The Morgan fingerprint density at radius 2 is 1.60 bits per heavy atom. The summed E-state index contributed by atoms with van der Waals surface area (Å²) in [6, 6.07) is 0.332. The van der Waals surface area contributed by atoms with Gasteiger partial charge in [0.05, 0.1) is 35.6 Å². The Morgan fingerprint density at radius 3 is 2.13 bits per heavy atom. The van der Waals surface area contributed by atoms with Crippen LogP contribution in [0.1, 0.15) is 98.9 Å². The van der Waals surface area contributed by atoms with E-state index in [0.29, 0.717) is 42.7 Å². The smallest absolute Gasteiger partial charge is 0.416 e. The van der Waals surface area contributed by atoms with Gasteiger partial charge in [0, 0.05) is 25.4 Å². The van der Waals surface area contributed by atoms with Gasteiger partial charge in [-0.3, -0.25) is 14.7 Å². The summed E-state index contributed by atoms with van der Waals surface area (Å²) in [5.74, 6) is 0.455. The summed E-state index contributed by atoms with van der Waals surface area (Å²) in [5.41, 5.74) is -2.11. The first-order valence-electron chi connectivity index (χ1n) is 15.2. The first kappa shape index (κ1) is 32.8. The number of carboxylic acid groups (broad SMARTS) is 1. The number of hydrogen-bond acceptors (Lipinski definition) is 6. The van der Waals surface area contributed by atoms with Crippen molar-refractivity contribution in [1.82, 2.24) is 14.9 Å². The number of alkyl halides is 6. The Hall–Kier alpha value is -3.58. The number of anilines is 1. The zero-order valence-corrected chi connectivity index (χ0v) is 25.0. The molecule has 3 aliphatic rings. The lowest BCUT2D eigenvalue weighted by molar-refractivity contribution is -0.143. The molecule has 8 nitrogen and oxygen atoms in total. The van der Waals surface area contributed by atoms with Crippen molar-refractivity contribution in [2.75, 3.05) is 18.0 Å². The van der Waals surface area contributed by atoms with Crippen molar-refractivity contribution in [1.29, 1.82) is 0 Å². The number of aliphatic carboxylic acids is 1. The van der Waals surface area contributed by atoms with Gasteiger partial charge in [-0.15, -0.1) is 0 Å². The SMILES string of the molecule is CCN(CC1CCC(CC(=O)O)CC1)c1ncc(C2CC2)nc1CN1C(=O)O[C@H](c2cc(C(F)(F)F)cc(C(F)(F)F)c2)[C@@H]1C. The van der Waals surface area contributed by atoms with Crippen molar-refractivity contribution in [2.24, 2.45) is 11.8 Å². The molecule has 1 saturated heterocycles. The van der Waals surface area contributed by atoms with Crippen molar-refractivity contribution < 1.29 is 45.8 Å². The number of aromatic nitrogens is 2. The van der Waals surface area contributed by atoms with Crippen molar-refractivity contribution in [3.05, 3.63) is 52.5 Å². The summed E-state index contributed by atoms with van der Waals surface area (Å²) in [6.07, 6.45) is -5.16. The maximum Gasteiger partial charge on any atom is 0.416 e. The highest BCUT2D eigenvalue weighted by atomic mass is 19.4. The van der Waals surface area contributed by atoms with Gasteiger partial charge in [-0.05, 0) is 88.0 Å². The monoisotopic (exact) mass is 642 g/mol. The molecule has 0 radical (unpaired) electrons. The second-order valence-corrected chi connectivity index (χ2v) is 12.4. The number of carboxylic acids is 1. The fourth-order valence-corrected chi connectivity index (χ4v) is 6.39. The van der Waals surface area contributed by atoms with Crippen LogP contribution in [0.15, 0.2) is 24.4 Å². The number of amides is 1. The number of cyclic esters (lactones) is 1. The lowest BCUT2D eigenvalue weighted by Crippen LogP contribution is -2.36. The van der Waals surface area contributed by atoms with E-state index < -0.39 is 53.3 Å². The van der Waals surface area contributed by atoms with E-state index in [-0.39, 0.29) is 30.9 Å². The largest absolute Gasteiger partial charge is 0.481 e. The molecule has 2 saturated carbocycles. The number of nitrogens with zero attached hydrogens (tertiary/aromatic N) is 4. The van der Waals surface area contributed by atoms with Crippen LogP contribution in [0, 0.1) is 11.8 Å². The van der Waals surface area contributed by atoms with Crippen LogP contribution in [0.25, 0.3) is 0 Å². The molecule has 0 unspecified atom stereocenters. The summed E-state index contributed by atoms with van der Waals surface area (Å²) >= 11 is 0. The Kier molecular flexibility index (Phi) is 9.23. The van der Waals surface area contributed by atoms with E-state index in [4.69, 9.17) is 19.8 Å². The van der Waals surface area contributed by atoms with Crippen molar-refractivity contribution in [3.8, 4) is 0 Å². The molecule has 2 atom stereocenters. The Balaban J connectivity index is 1.39.